The molecule has 0 saturated carbocycles. The molecule has 0 unspecified atom stereocenters. The molecule has 0 spiro atoms. The van der Waals surface area contributed by atoms with E-state index in [1.54, 1.807) is 0 Å². The zero-order chi connectivity index (χ0) is 19.1. The van der Waals surface area contributed by atoms with Crippen molar-refractivity contribution < 1.29 is 26.3 Å². The standard InChI is InChI=1S/C14H12.C6F6/c1-3-7-13(8-4-1)11-12-14-9-5-2-6-10-14;7-1-2(8)4(10)6(12)5(11)3(1)9/h1-12H;/b12-11+;. The molecule has 0 bridgehead atoms. The van der Waals surface area contributed by atoms with Crippen LogP contribution in [0.4, 0.5) is 26.3 Å². The van der Waals surface area contributed by atoms with E-state index in [0.717, 1.165) is 0 Å². The smallest absolute Gasteiger partial charge is 0.200 e. The Morgan fingerprint density at radius 2 is 0.615 bits per heavy atom. The van der Waals surface area contributed by atoms with Crippen LogP contribution in [0.2, 0.25) is 0 Å². The van der Waals surface area contributed by atoms with Crippen LogP contribution in [0, 0.1) is 34.9 Å². The van der Waals surface area contributed by atoms with Gasteiger partial charge in [-0.25, -0.2) is 26.3 Å². The van der Waals surface area contributed by atoms with Crippen LogP contribution in [0.25, 0.3) is 12.2 Å². The maximum Gasteiger partial charge on any atom is 0.200 e. The Balaban J connectivity index is 0.000000190. The number of rotatable bonds is 2. The van der Waals surface area contributed by atoms with Gasteiger partial charge < -0.3 is 0 Å². The molecular weight excluding hydrogens is 354 g/mol. The van der Waals surface area contributed by atoms with Crippen molar-refractivity contribution in [1.82, 2.24) is 0 Å². The second-order valence-electron chi connectivity index (χ2n) is 5.04. The summed E-state index contributed by atoms with van der Waals surface area (Å²) in [4.78, 5) is 0. The van der Waals surface area contributed by atoms with Crippen LogP contribution in [-0.2, 0) is 0 Å². The van der Waals surface area contributed by atoms with Crippen LogP contribution in [0.1, 0.15) is 11.1 Å². The van der Waals surface area contributed by atoms with Gasteiger partial charge in [0.15, 0.2) is 0 Å². The van der Waals surface area contributed by atoms with Gasteiger partial charge >= 0.3 is 0 Å². The van der Waals surface area contributed by atoms with Crippen molar-refractivity contribution in [3.05, 3.63) is 107 Å². The van der Waals surface area contributed by atoms with Crippen molar-refractivity contribution in [2.24, 2.45) is 0 Å². The lowest BCUT2D eigenvalue weighted by Crippen LogP contribution is -2.04. The van der Waals surface area contributed by atoms with E-state index in [2.05, 4.69) is 36.4 Å². The van der Waals surface area contributed by atoms with Gasteiger partial charge in [0, 0.05) is 0 Å². The molecule has 0 amide bonds. The van der Waals surface area contributed by atoms with E-state index < -0.39 is 34.9 Å². The first-order valence-corrected chi connectivity index (χ1v) is 7.37. The van der Waals surface area contributed by atoms with E-state index in [9.17, 15) is 26.3 Å². The van der Waals surface area contributed by atoms with Crippen LogP contribution in [0.3, 0.4) is 0 Å². The average Bonchev–Trinajstić information content (AvgIpc) is 2.70. The van der Waals surface area contributed by atoms with Crippen molar-refractivity contribution >= 4 is 12.2 Å². The third-order valence-electron chi connectivity index (χ3n) is 3.22. The van der Waals surface area contributed by atoms with Gasteiger partial charge in [0.2, 0.25) is 34.9 Å². The summed E-state index contributed by atoms with van der Waals surface area (Å²) in [7, 11) is 0. The lowest BCUT2D eigenvalue weighted by molar-refractivity contribution is 0.334. The molecule has 26 heavy (non-hydrogen) atoms. The van der Waals surface area contributed by atoms with E-state index in [-0.39, 0.29) is 0 Å². The Kier molecular flexibility index (Phi) is 6.60. The quantitative estimate of drug-likeness (QED) is 0.214. The fraction of sp³-hybridized carbons (Fsp3) is 0. The molecule has 6 heteroatoms. The van der Waals surface area contributed by atoms with Crippen LogP contribution in [0.5, 0.6) is 0 Å². The summed E-state index contributed by atoms with van der Waals surface area (Å²) >= 11 is 0. The first-order valence-electron chi connectivity index (χ1n) is 7.37. The molecule has 0 saturated heterocycles. The van der Waals surface area contributed by atoms with Gasteiger partial charge in [0.1, 0.15) is 0 Å². The summed E-state index contributed by atoms with van der Waals surface area (Å²) in [6.45, 7) is 0. The van der Waals surface area contributed by atoms with Crippen molar-refractivity contribution in [1.29, 1.82) is 0 Å². The second kappa shape index (κ2) is 8.89. The summed E-state index contributed by atoms with van der Waals surface area (Å²) in [5, 5.41) is 0. The van der Waals surface area contributed by atoms with E-state index in [0.29, 0.717) is 0 Å². The SMILES string of the molecule is C(=C\c1ccccc1)/c1ccccc1.Fc1c(F)c(F)c(F)c(F)c1F. The normalized spacial score (nSPS) is 10.5. The van der Waals surface area contributed by atoms with Crippen LogP contribution < -0.4 is 0 Å². The van der Waals surface area contributed by atoms with Gasteiger partial charge in [-0.3, -0.25) is 0 Å². The molecule has 0 aliphatic carbocycles. The summed E-state index contributed by atoms with van der Waals surface area (Å²) < 4.78 is 72.2. The molecule has 0 aromatic heterocycles. The minimum absolute atomic E-state index is 1.23. The monoisotopic (exact) mass is 366 g/mol. The third-order valence-corrected chi connectivity index (χ3v) is 3.22. The first-order chi connectivity index (χ1) is 12.4. The molecule has 3 rings (SSSR count). The van der Waals surface area contributed by atoms with Crippen molar-refractivity contribution in [3.8, 4) is 0 Å². The zero-order valence-corrected chi connectivity index (χ0v) is 13.2. The molecule has 0 aliphatic heterocycles. The predicted molar refractivity (Wildman–Crippen MR) is 88.0 cm³/mol. The average molecular weight is 366 g/mol. The number of benzene rings is 3. The molecule has 0 heterocycles. The van der Waals surface area contributed by atoms with Gasteiger partial charge in [-0.2, -0.15) is 0 Å². The van der Waals surface area contributed by atoms with Crippen LogP contribution >= 0.6 is 0 Å². The first kappa shape index (κ1) is 19.3. The molecule has 0 radical (unpaired) electrons. The maximum atomic E-state index is 12.0. The van der Waals surface area contributed by atoms with Gasteiger partial charge in [-0.05, 0) is 11.1 Å². The Morgan fingerprint density at radius 1 is 0.385 bits per heavy atom. The Bertz CT molecular complexity index is 743. The van der Waals surface area contributed by atoms with Crippen LogP contribution in [0.15, 0.2) is 60.7 Å². The molecule has 0 atom stereocenters. The highest BCUT2D eigenvalue weighted by atomic mass is 19.2. The molecule has 0 aliphatic rings. The number of hydrogen-bond donors (Lipinski definition) is 0. The van der Waals surface area contributed by atoms with E-state index >= 15 is 0 Å². The predicted octanol–water partition coefficient (Wildman–Crippen LogP) is 6.38. The fourth-order valence-electron chi connectivity index (χ4n) is 1.90. The Hall–Kier alpha value is -3.02. The number of hydrogen-bond acceptors (Lipinski definition) is 0. The third kappa shape index (κ3) is 4.75. The highest BCUT2D eigenvalue weighted by Crippen LogP contribution is 2.20. The summed E-state index contributed by atoms with van der Waals surface area (Å²) in [5.41, 5.74) is 2.47. The minimum atomic E-state index is -2.37. The van der Waals surface area contributed by atoms with Crippen molar-refractivity contribution in [3.63, 3.8) is 0 Å². The molecule has 134 valence electrons. The molecule has 3 aromatic rings. The van der Waals surface area contributed by atoms with Gasteiger partial charge in [0.05, 0.1) is 0 Å². The van der Waals surface area contributed by atoms with Crippen molar-refractivity contribution in [2.75, 3.05) is 0 Å². The topological polar surface area (TPSA) is 0 Å². The van der Waals surface area contributed by atoms with Crippen LogP contribution in [-0.4, -0.2) is 0 Å². The lowest BCUT2D eigenvalue weighted by Gasteiger charge is -1.99. The maximum absolute atomic E-state index is 12.0. The molecule has 0 N–H and O–H groups in total. The zero-order valence-electron chi connectivity index (χ0n) is 13.2. The highest BCUT2D eigenvalue weighted by molar-refractivity contribution is 5.69. The van der Waals surface area contributed by atoms with Gasteiger partial charge in [0.25, 0.3) is 0 Å². The molecule has 0 nitrogen and oxygen atoms in total. The largest absolute Gasteiger partial charge is 0.200 e. The van der Waals surface area contributed by atoms with Gasteiger partial charge in [-0.15, -0.1) is 0 Å². The second-order valence-corrected chi connectivity index (χ2v) is 5.04. The van der Waals surface area contributed by atoms with E-state index in [4.69, 9.17) is 0 Å². The summed E-state index contributed by atoms with van der Waals surface area (Å²) in [6.07, 6.45) is 4.24. The summed E-state index contributed by atoms with van der Waals surface area (Å²) in [5.74, 6) is -14.2. The Morgan fingerprint density at radius 3 is 0.846 bits per heavy atom. The Labute approximate surface area is 146 Å². The van der Waals surface area contributed by atoms with Crippen molar-refractivity contribution in [2.45, 2.75) is 0 Å². The number of halogens is 6. The molecule has 3 aromatic carbocycles. The molecular formula is C20H12F6. The summed E-state index contributed by atoms with van der Waals surface area (Å²) in [6, 6.07) is 20.6. The highest BCUT2D eigenvalue weighted by Gasteiger charge is 2.25. The fourth-order valence-corrected chi connectivity index (χ4v) is 1.90. The lowest BCUT2D eigenvalue weighted by atomic mass is 10.1. The minimum Gasteiger partial charge on any atom is -0.200 e. The molecule has 0 fully saturated rings. The van der Waals surface area contributed by atoms with Gasteiger partial charge in [-0.1, -0.05) is 72.8 Å². The van der Waals surface area contributed by atoms with E-state index in [1.807, 2.05) is 36.4 Å². The van der Waals surface area contributed by atoms with E-state index in [1.165, 1.54) is 11.1 Å².